The second-order valence-corrected chi connectivity index (χ2v) is 10.6. The molecule has 0 aromatic heterocycles. The van der Waals surface area contributed by atoms with Gasteiger partial charge >= 0.3 is 0 Å². The molecule has 0 saturated carbocycles. The molecule has 2 nitrogen and oxygen atoms in total. The minimum Gasteiger partial charge on any atom is -0.325 e. The zero-order valence-corrected chi connectivity index (χ0v) is 14.0. The van der Waals surface area contributed by atoms with Crippen molar-refractivity contribution < 1.29 is 4.79 Å². The minimum atomic E-state index is -1.34. The number of anilines is 1. The van der Waals surface area contributed by atoms with Crippen LogP contribution in [0, 0.1) is 23.3 Å². The van der Waals surface area contributed by atoms with E-state index < -0.39 is 8.07 Å². The third kappa shape index (κ3) is 6.47. The fourth-order valence-corrected chi connectivity index (χ4v) is 2.20. The molecular weight excluding hydrogens is 286 g/mol. The van der Waals surface area contributed by atoms with Gasteiger partial charge in [0.1, 0.15) is 8.07 Å². The van der Waals surface area contributed by atoms with Crippen LogP contribution < -0.4 is 5.32 Å². The van der Waals surface area contributed by atoms with Crippen LogP contribution in [-0.4, -0.2) is 14.0 Å². The minimum absolute atomic E-state index is 0.131. The molecule has 0 fully saturated rings. The standard InChI is InChI=1S/C16H18ClNOSi/c1-13(19)18-16-10-9-15(17)12-14(16)8-6-5-7-11-20(2,3)4/h9-10,12H,5H2,1-4H3,(H,18,19). The Bertz CT molecular complexity index is 624. The molecule has 0 heterocycles. The fourth-order valence-electron chi connectivity index (χ4n) is 1.41. The second kappa shape index (κ2) is 7.19. The van der Waals surface area contributed by atoms with Crippen LogP contribution in [0.5, 0.6) is 0 Å². The summed E-state index contributed by atoms with van der Waals surface area (Å²) in [5.41, 5.74) is 4.64. The number of carbonyl (C=O) groups excluding carboxylic acids is 1. The highest BCUT2D eigenvalue weighted by atomic mass is 35.5. The molecule has 0 radical (unpaired) electrons. The number of amides is 1. The summed E-state index contributed by atoms with van der Waals surface area (Å²) < 4.78 is 0. The Balaban J connectivity index is 2.88. The van der Waals surface area contributed by atoms with Crippen LogP contribution in [0.25, 0.3) is 0 Å². The molecule has 0 atom stereocenters. The van der Waals surface area contributed by atoms with E-state index in [1.165, 1.54) is 6.92 Å². The number of carbonyl (C=O) groups is 1. The Labute approximate surface area is 126 Å². The van der Waals surface area contributed by atoms with Gasteiger partial charge in [-0.1, -0.05) is 49.0 Å². The second-order valence-electron chi connectivity index (χ2n) is 5.40. The van der Waals surface area contributed by atoms with Crippen LogP contribution in [0.3, 0.4) is 0 Å². The SMILES string of the molecule is CC(=O)Nc1ccc(Cl)cc1C#CCC#C[Si](C)(C)C. The highest BCUT2D eigenvalue weighted by molar-refractivity contribution is 6.83. The van der Waals surface area contributed by atoms with Crippen LogP contribution in [0.1, 0.15) is 18.9 Å². The summed E-state index contributed by atoms with van der Waals surface area (Å²) in [6.07, 6.45) is 0.524. The third-order valence-electron chi connectivity index (χ3n) is 2.16. The monoisotopic (exact) mass is 303 g/mol. The highest BCUT2D eigenvalue weighted by Gasteiger charge is 2.06. The van der Waals surface area contributed by atoms with Gasteiger partial charge in [0, 0.05) is 17.5 Å². The zero-order chi connectivity index (χ0) is 15.2. The van der Waals surface area contributed by atoms with Crippen molar-refractivity contribution in [2.45, 2.75) is 33.0 Å². The Hall–Kier alpha value is -1.68. The molecule has 1 rings (SSSR count). The maximum atomic E-state index is 11.1. The van der Waals surface area contributed by atoms with Gasteiger partial charge in [0.05, 0.1) is 12.1 Å². The van der Waals surface area contributed by atoms with Crippen LogP contribution in [-0.2, 0) is 4.79 Å². The van der Waals surface area contributed by atoms with E-state index in [0.717, 1.165) is 0 Å². The fraction of sp³-hybridized carbons (Fsp3) is 0.312. The number of halogens is 1. The first-order chi connectivity index (χ1) is 9.28. The van der Waals surface area contributed by atoms with Crippen molar-refractivity contribution in [3.63, 3.8) is 0 Å². The summed E-state index contributed by atoms with van der Waals surface area (Å²) in [5.74, 6) is 8.97. The van der Waals surface area contributed by atoms with E-state index >= 15 is 0 Å². The molecule has 0 saturated heterocycles. The first kappa shape index (κ1) is 16.4. The van der Waals surface area contributed by atoms with Crippen molar-refractivity contribution in [2.75, 3.05) is 5.32 Å². The molecule has 1 aromatic carbocycles. The lowest BCUT2D eigenvalue weighted by Gasteiger charge is -2.05. The van der Waals surface area contributed by atoms with Gasteiger partial charge in [-0.15, -0.1) is 5.54 Å². The van der Waals surface area contributed by atoms with Crippen LogP contribution in [0.4, 0.5) is 5.69 Å². The van der Waals surface area contributed by atoms with Gasteiger partial charge in [0.2, 0.25) is 5.91 Å². The van der Waals surface area contributed by atoms with Crippen LogP contribution in [0.15, 0.2) is 18.2 Å². The van der Waals surface area contributed by atoms with Gasteiger partial charge in [0.15, 0.2) is 0 Å². The molecule has 0 aliphatic rings. The van der Waals surface area contributed by atoms with Crippen molar-refractivity contribution in [2.24, 2.45) is 0 Å². The van der Waals surface area contributed by atoms with E-state index in [-0.39, 0.29) is 5.91 Å². The molecule has 20 heavy (non-hydrogen) atoms. The largest absolute Gasteiger partial charge is 0.325 e. The molecule has 104 valence electrons. The normalized spacial score (nSPS) is 9.85. The molecule has 0 aliphatic carbocycles. The number of hydrogen-bond donors (Lipinski definition) is 1. The average molecular weight is 304 g/mol. The molecule has 0 aliphatic heterocycles. The predicted octanol–water partition coefficient (Wildman–Crippen LogP) is 3.92. The van der Waals surface area contributed by atoms with E-state index in [0.29, 0.717) is 22.7 Å². The predicted molar refractivity (Wildman–Crippen MR) is 88.4 cm³/mol. The lowest BCUT2D eigenvalue weighted by atomic mass is 10.1. The van der Waals surface area contributed by atoms with E-state index in [9.17, 15) is 4.79 Å². The number of nitrogens with one attached hydrogen (secondary N) is 1. The molecule has 0 bridgehead atoms. The van der Waals surface area contributed by atoms with Crippen molar-refractivity contribution in [3.05, 3.63) is 28.8 Å². The zero-order valence-electron chi connectivity index (χ0n) is 12.2. The van der Waals surface area contributed by atoms with Gasteiger partial charge < -0.3 is 5.32 Å². The van der Waals surface area contributed by atoms with E-state index in [4.69, 9.17) is 11.6 Å². The molecule has 4 heteroatoms. The topological polar surface area (TPSA) is 29.1 Å². The van der Waals surface area contributed by atoms with Gasteiger partial charge in [-0.05, 0) is 18.2 Å². The van der Waals surface area contributed by atoms with Crippen molar-refractivity contribution in [1.82, 2.24) is 0 Å². The van der Waals surface area contributed by atoms with Gasteiger partial charge in [0.25, 0.3) is 0 Å². The molecular formula is C16H18ClNOSi. The summed E-state index contributed by atoms with van der Waals surface area (Å²) in [4.78, 5) is 11.1. The lowest BCUT2D eigenvalue weighted by Crippen LogP contribution is -2.16. The smallest absolute Gasteiger partial charge is 0.221 e. The van der Waals surface area contributed by atoms with E-state index in [2.05, 4.69) is 48.3 Å². The summed E-state index contributed by atoms with van der Waals surface area (Å²) in [6.45, 7) is 8.04. The lowest BCUT2D eigenvalue weighted by molar-refractivity contribution is -0.114. The van der Waals surface area contributed by atoms with Crippen molar-refractivity contribution >= 4 is 31.3 Å². The first-order valence-corrected chi connectivity index (χ1v) is 10.2. The first-order valence-electron chi connectivity index (χ1n) is 6.34. The summed E-state index contributed by atoms with van der Waals surface area (Å²) in [7, 11) is -1.34. The number of hydrogen-bond acceptors (Lipinski definition) is 1. The van der Waals surface area contributed by atoms with Crippen molar-refractivity contribution in [1.29, 1.82) is 0 Å². The van der Waals surface area contributed by atoms with Crippen molar-refractivity contribution in [3.8, 4) is 23.3 Å². The Kier molecular flexibility index (Phi) is 5.89. The number of benzene rings is 1. The quantitative estimate of drug-likeness (QED) is 0.618. The molecule has 1 N–H and O–H groups in total. The molecule has 1 aromatic rings. The van der Waals surface area contributed by atoms with Crippen LogP contribution >= 0.6 is 11.6 Å². The Morgan fingerprint density at radius 2 is 2.00 bits per heavy atom. The van der Waals surface area contributed by atoms with Gasteiger partial charge in [-0.3, -0.25) is 4.79 Å². The van der Waals surface area contributed by atoms with E-state index in [1.54, 1.807) is 18.2 Å². The maximum Gasteiger partial charge on any atom is 0.221 e. The van der Waals surface area contributed by atoms with Gasteiger partial charge in [-0.2, -0.15) is 0 Å². The average Bonchev–Trinajstić information content (AvgIpc) is 2.30. The molecule has 0 unspecified atom stereocenters. The maximum absolute atomic E-state index is 11.1. The summed E-state index contributed by atoms with van der Waals surface area (Å²) in [6, 6.07) is 5.22. The Morgan fingerprint density at radius 3 is 2.60 bits per heavy atom. The van der Waals surface area contributed by atoms with Gasteiger partial charge in [-0.25, -0.2) is 0 Å². The third-order valence-corrected chi connectivity index (χ3v) is 3.32. The molecule has 0 spiro atoms. The van der Waals surface area contributed by atoms with E-state index in [1.807, 2.05) is 0 Å². The number of rotatable bonds is 1. The van der Waals surface area contributed by atoms with Crippen LogP contribution in [0.2, 0.25) is 24.7 Å². The summed E-state index contributed by atoms with van der Waals surface area (Å²) >= 11 is 5.95. The highest BCUT2D eigenvalue weighted by Crippen LogP contribution is 2.19. The Morgan fingerprint density at radius 1 is 1.30 bits per heavy atom. The summed E-state index contributed by atoms with van der Waals surface area (Å²) in [5, 5.41) is 3.33. The molecule has 1 amide bonds.